The second kappa shape index (κ2) is 11.1. The molecule has 45 heavy (non-hydrogen) atoms. The van der Waals surface area contributed by atoms with Gasteiger partial charge in [0.2, 0.25) is 5.60 Å². The van der Waals surface area contributed by atoms with Gasteiger partial charge in [0.15, 0.2) is 5.75 Å². The van der Waals surface area contributed by atoms with Crippen molar-refractivity contribution in [1.29, 1.82) is 5.26 Å². The molecular formula is C31H22ClF5N4O4. The van der Waals surface area contributed by atoms with Gasteiger partial charge in [-0.15, -0.1) is 0 Å². The molecule has 0 bridgehead atoms. The molecule has 1 fully saturated rings. The maximum absolute atomic E-state index is 14.7. The molecule has 4 aromatic rings. The van der Waals surface area contributed by atoms with Crippen molar-refractivity contribution in [1.82, 2.24) is 15.3 Å². The summed E-state index contributed by atoms with van der Waals surface area (Å²) >= 11 is 6.07. The maximum Gasteiger partial charge on any atom is 0.424 e. The summed E-state index contributed by atoms with van der Waals surface area (Å²) in [4.78, 5) is 21.5. The normalized spacial score (nSPS) is 18.9. The van der Waals surface area contributed by atoms with Crippen molar-refractivity contribution < 1.29 is 41.3 Å². The molecule has 2 N–H and O–H groups in total. The Morgan fingerprint density at radius 1 is 1.20 bits per heavy atom. The number of halogens is 6. The highest BCUT2D eigenvalue weighted by molar-refractivity contribution is 6.31. The average molecular weight is 645 g/mol. The van der Waals surface area contributed by atoms with Crippen molar-refractivity contribution in [2.24, 2.45) is 0 Å². The van der Waals surface area contributed by atoms with Crippen molar-refractivity contribution in [2.75, 3.05) is 19.8 Å². The first-order chi connectivity index (χ1) is 21.4. The number of carbonyl (C=O) groups is 1. The highest BCUT2D eigenvalue weighted by atomic mass is 35.5. The van der Waals surface area contributed by atoms with Crippen molar-refractivity contribution >= 4 is 28.4 Å². The minimum atomic E-state index is -5.42. The fourth-order valence-corrected chi connectivity index (χ4v) is 5.14. The quantitative estimate of drug-likeness (QED) is 0.228. The van der Waals surface area contributed by atoms with Crippen LogP contribution < -0.4 is 14.8 Å². The van der Waals surface area contributed by atoms with Crippen LogP contribution in [0.25, 0.3) is 22.2 Å². The Labute approximate surface area is 257 Å². The Bertz CT molecular complexity index is 1860. The molecule has 6 rings (SSSR count). The predicted octanol–water partition coefficient (Wildman–Crippen LogP) is 5.93. The smallest absolute Gasteiger partial charge is 0.424 e. The van der Waals surface area contributed by atoms with Gasteiger partial charge >= 0.3 is 6.18 Å². The summed E-state index contributed by atoms with van der Waals surface area (Å²) in [5, 5.41) is 23.8. The minimum absolute atomic E-state index is 0.0854. The van der Waals surface area contributed by atoms with E-state index in [9.17, 15) is 37.1 Å². The van der Waals surface area contributed by atoms with Crippen LogP contribution in [0, 0.1) is 17.1 Å². The zero-order valence-corrected chi connectivity index (χ0v) is 23.8. The summed E-state index contributed by atoms with van der Waals surface area (Å²) in [5.41, 5.74) is -6.98. The molecule has 14 heteroatoms. The molecule has 1 amide bonds. The van der Waals surface area contributed by atoms with Gasteiger partial charge in [0.05, 0.1) is 29.4 Å². The van der Waals surface area contributed by atoms with E-state index in [1.54, 1.807) is 6.07 Å². The number of aliphatic hydroxyl groups is 1. The van der Waals surface area contributed by atoms with Gasteiger partial charge in [0, 0.05) is 28.3 Å². The summed E-state index contributed by atoms with van der Waals surface area (Å²) in [6, 6.07) is 11.2. The van der Waals surface area contributed by atoms with E-state index in [-0.39, 0.29) is 45.0 Å². The molecule has 2 aliphatic rings. The Balaban J connectivity index is 1.41. The SMILES string of the molecule is N#CC1(CF)COc2c1cc(C(O)(CNC(=O)c1cc(OC3CC3)c3ncc(Cl)cc3c1)C(F)(F)F)nc2-c1ccc(F)cc1. The fourth-order valence-electron chi connectivity index (χ4n) is 4.98. The van der Waals surface area contributed by atoms with Gasteiger partial charge in [0.25, 0.3) is 5.91 Å². The van der Waals surface area contributed by atoms with Crippen molar-refractivity contribution in [3.8, 4) is 28.8 Å². The lowest BCUT2D eigenvalue weighted by Gasteiger charge is -2.31. The first-order valence-corrected chi connectivity index (χ1v) is 14.0. The number of nitriles is 1. The maximum atomic E-state index is 14.7. The monoisotopic (exact) mass is 644 g/mol. The molecule has 2 aromatic heterocycles. The lowest BCUT2D eigenvalue weighted by Crippen LogP contribution is -2.51. The van der Waals surface area contributed by atoms with Gasteiger partial charge in [-0.2, -0.15) is 18.4 Å². The topological polar surface area (TPSA) is 117 Å². The third-order valence-corrected chi connectivity index (χ3v) is 7.91. The number of hydrogen-bond donors (Lipinski definition) is 2. The van der Waals surface area contributed by atoms with Gasteiger partial charge in [-0.3, -0.25) is 9.78 Å². The van der Waals surface area contributed by atoms with Crippen LogP contribution in [0.5, 0.6) is 11.5 Å². The van der Waals surface area contributed by atoms with Crippen LogP contribution in [0.15, 0.2) is 54.7 Å². The number of fused-ring (bicyclic) bond motifs is 2. The molecule has 8 nitrogen and oxygen atoms in total. The minimum Gasteiger partial charge on any atom is -0.489 e. The number of nitrogens with one attached hydrogen (secondary N) is 1. The molecule has 232 valence electrons. The summed E-state index contributed by atoms with van der Waals surface area (Å²) in [6.45, 7) is -3.25. The van der Waals surface area contributed by atoms with Crippen LogP contribution in [-0.4, -0.2) is 53.1 Å². The molecule has 3 heterocycles. The predicted molar refractivity (Wildman–Crippen MR) is 151 cm³/mol. The summed E-state index contributed by atoms with van der Waals surface area (Å²) in [5.74, 6) is -1.57. The standard InChI is InChI=1S/C31H22ClF5N4O4/c32-19-8-17-7-18(9-23(25(17)39-11-19)45-21-5-6-21)28(42)40-14-30(43,31(35,36)37)24-10-22-27(44-15-29(22,12-33)13-38)26(41-24)16-1-3-20(34)4-2-16/h1-4,7-11,21,43H,5-6,12,14-15H2,(H,40,42). The number of rotatable bonds is 8. The van der Waals surface area contributed by atoms with E-state index in [0.717, 1.165) is 31.0 Å². The lowest BCUT2D eigenvalue weighted by atomic mass is 9.83. The average Bonchev–Trinajstić information content (AvgIpc) is 3.76. The Morgan fingerprint density at radius 2 is 1.93 bits per heavy atom. The third-order valence-electron chi connectivity index (χ3n) is 7.70. The number of amides is 1. The van der Waals surface area contributed by atoms with E-state index in [2.05, 4.69) is 15.3 Å². The van der Waals surface area contributed by atoms with Crippen LogP contribution in [0.3, 0.4) is 0 Å². The number of alkyl halides is 4. The van der Waals surface area contributed by atoms with Gasteiger partial charge in [-0.1, -0.05) is 11.6 Å². The van der Waals surface area contributed by atoms with E-state index in [4.69, 9.17) is 21.1 Å². The van der Waals surface area contributed by atoms with Crippen LogP contribution >= 0.6 is 11.6 Å². The molecule has 0 saturated heterocycles. The molecule has 0 radical (unpaired) electrons. The van der Waals surface area contributed by atoms with Gasteiger partial charge in [-0.25, -0.2) is 13.8 Å². The number of nitrogens with zero attached hydrogens (tertiary/aromatic N) is 3. The number of benzene rings is 2. The van der Waals surface area contributed by atoms with Gasteiger partial charge < -0.3 is 19.9 Å². The van der Waals surface area contributed by atoms with Crippen LogP contribution in [0.4, 0.5) is 22.0 Å². The summed E-state index contributed by atoms with van der Waals surface area (Å²) in [7, 11) is 0. The first-order valence-electron chi connectivity index (χ1n) is 13.6. The van der Waals surface area contributed by atoms with Gasteiger partial charge in [0.1, 0.15) is 41.5 Å². The Kier molecular flexibility index (Phi) is 7.53. The van der Waals surface area contributed by atoms with Crippen molar-refractivity contribution in [2.45, 2.75) is 36.1 Å². The van der Waals surface area contributed by atoms with E-state index < -0.39 is 54.4 Å². The highest BCUT2D eigenvalue weighted by Crippen LogP contribution is 2.48. The molecule has 1 saturated carbocycles. The molecule has 1 aliphatic heterocycles. The van der Waals surface area contributed by atoms with Crippen molar-refractivity contribution in [3.05, 3.63) is 82.4 Å². The second-order valence-electron chi connectivity index (χ2n) is 10.9. The molecule has 2 aromatic carbocycles. The van der Waals surface area contributed by atoms with E-state index in [0.29, 0.717) is 10.9 Å². The third kappa shape index (κ3) is 5.49. The van der Waals surface area contributed by atoms with E-state index >= 15 is 0 Å². The largest absolute Gasteiger partial charge is 0.489 e. The number of ether oxygens (including phenoxy) is 2. The number of aromatic nitrogens is 2. The lowest BCUT2D eigenvalue weighted by molar-refractivity contribution is -0.265. The summed E-state index contributed by atoms with van der Waals surface area (Å²) in [6.07, 6.45) is -2.54. The molecular weight excluding hydrogens is 623 g/mol. The summed E-state index contributed by atoms with van der Waals surface area (Å²) < 4.78 is 83.4. The Morgan fingerprint density at radius 3 is 2.58 bits per heavy atom. The Hall–Kier alpha value is -4.54. The molecule has 0 spiro atoms. The van der Waals surface area contributed by atoms with Crippen LogP contribution in [0.2, 0.25) is 5.02 Å². The van der Waals surface area contributed by atoms with Gasteiger partial charge in [-0.05, 0) is 61.4 Å². The number of carbonyl (C=O) groups excluding carboxylic acids is 1. The van der Waals surface area contributed by atoms with Crippen molar-refractivity contribution in [3.63, 3.8) is 0 Å². The van der Waals surface area contributed by atoms with E-state index in [1.165, 1.54) is 36.5 Å². The first kappa shape index (κ1) is 30.5. The molecule has 2 unspecified atom stereocenters. The zero-order valence-electron chi connectivity index (χ0n) is 23.1. The number of pyridine rings is 2. The number of hydrogen-bond acceptors (Lipinski definition) is 7. The second-order valence-corrected chi connectivity index (χ2v) is 11.3. The van der Waals surface area contributed by atoms with Crippen LogP contribution in [-0.2, 0) is 11.0 Å². The zero-order chi connectivity index (χ0) is 32.1. The fraction of sp³-hybridized carbons (Fsp3) is 0.290. The molecule has 1 aliphatic carbocycles. The van der Waals surface area contributed by atoms with Crippen LogP contribution in [0.1, 0.15) is 34.5 Å². The highest BCUT2D eigenvalue weighted by Gasteiger charge is 2.57. The van der Waals surface area contributed by atoms with E-state index in [1.807, 2.05) is 0 Å². The molecule has 2 atom stereocenters.